The number of primary amides is 1. The van der Waals surface area contributed by atoms with Crippen LogP contribution in [0.1, 0.15) is 83.5 Å². The molecule has 0 saturated carbocycles. The first-order valence-corrected chi connectivity index (χ1v) is 8.34. The molecule has 0 atom stereocenters. The average Bonchev–Trinajstić information content (AvgIpc) is 2.43. The minimum atomic E-state index is -0.346. The number of carbonyl (C=O) groups excluding carboxylic acids is 1. The molecule has 0 fully saturated rings. The van der Waals surface area contributed by atoms with Crippen LogP contribution < -0.4 is 5.73 Å². The van der Waals surface area contributed by atoms with Crippen molar-refractivity contribution in [3.63, 3.8) is 0 Å². The molecule has 0 aromatic heterocycles. The van der Waals surface area contributed by atoms with Crippen LogP contribution in [-0.4, -0.2) is 17.6 Å². The zero-order valence-electron chi connectivity index (χ0n) is 13.0. The molecule has 0 saturated heterocycles. The molecular formula is C17H33NO2. The summed E-state index contributed by atoms with van der Waals surface area (Å²) in [6.45, 7) is 0.346. The van der Waals surface area contributed by atoms with Gasteiger partial charge in [-0.15, -0.1) is 0 Å². The summed E-state index contributed by atoms with van der Waals surface area (Å²) >= 11 is 0. The van der Waals surface area contributed by atoms with Gasteiger partial charge < -0.3 is 10.8 Å². The predicted molar refractivity (Wildman–Crippen MR) is 85.4 cm³/mol. The Hall–Kier alpha value is -0.830. The van der Waals surface area contributed by atoms with Gasteiger partial charge in [-0.05, 0) is 25.3 Å². The number of amides is 1. The van der Waals surface area contributed by atoms with Crippen molar-refractivity contribution in [2.45, 2.75) is 83.5 Å². The van der Waals surface area contributed by atoms with Crippen molar-refractivity contribution in [1.82, 2.24) is 0 Å². The summed E-state index contributed by atoms with van der Waals surface area (Å²) in [6.07, 6.45) is 19.5. The largest absolute Gasteiger partial charge is 0.396 e. The average molecular weight is 283 g/mol. The highest BCUT2D eigenvalue weighted by molar-refractivity contribution is 5.85. The van der Waals surface area contributed by atoms with E-state index < -0.39 is 0 Å². The topological polar surface area (TPSA) is 63.3 Å². The summed E-state index contributed by atoms with van der Waals surface area (Å²) in [7, 11) is 0. The molecule has 0 heterocycles. The second-order valence-electron chi connectivity index (χ2n) is 5.56. The van der Waals surface area contributed by atoms with E-state index in [4.69, 9.17) is 10.8 Å². The van der Waals surface area contributed by atoms with Crippen molar-refractivity contribution in [3.8, 4) is 0 Å². The van der Waals surface area contributed by atoms with Crippen LogP contribution in [0.3, 0.4) is 0 Å². The molecule has 0 bridgehead atoms. The van der Waals surface area contributed by atoms with E-state index in [0.717, 1.165) is 19.3 Å². The van der Waals surface area contributed by atoms with E-state index in [2.05, 4.69) is 0 Å². The van der Waals surface area contributed by atoms with Crippen molar-refractivity contribution in [3.05, 3.63) is 12.2 Å². The zero-order chi connectivity index (χ0) is 14.9. The molecule has 20 heavy (non-hydrogen) atoms. The first kappa shape index (κ1) is 19.2. The van der Waals surface area contributed by atoms with Gasteiger partial charge in [-0.25, -0.2) is 0 Å². The number of nitrogens with two attached hydrogens (primary N) is 1. The standard InChI is InChI=1S/C17H33NO2/c18-17(20)15-13-11-9-7-5-3-1-2-4-6-8-10-12-14-16-19/h13,15,19H,1-12,14,16H2,(H2,18,20)/b15-13+. The Labute approximate surface area is 124 Å². The van der Waals surface area contributed by atoms with Gasteiger partial charge in [0.1, 0.15) is 0 Å². The van der Waals surface area contributed by atoms with E-state index in [1.807, 2.05) is 6.08 Å². The van der Waals surface area contributed by atoms with E-state index in [0.29, 0.717) is 6.61 Å². The summed E-state index contributed by atoms with van der Waals surface area (Å²) in [5.74, 6) is -0.346. The Kier molecular flexibility index (Phi) is 15.6. The van der Waals surface area contributed by atoms with Gasteiger partial charge in [0.05, 0.1) is 0 Å². The maximum atomic E-state index is 10.5. The fourth-order valence-corrected chi connectivity index (χ4v) is 2.34. The van der Waals surface area contributed by atoms with Gasteiger partial charge in [-0.1, -0.05) is 70.3 Å². The Balaban J connectivity index is 3.01. The van der Waals surface area contributed by atoms with E-state index >= 15 is 0 Å². The van der Waals surface area contributed by atoms with E-state index in [1.54, 1.807) is 0 Å². The van der Waals surface area contributed by atoms with Crippen molar-refractivity contribution >= 4 is 5.91 Å². The number of aliphatic hydroxyl groups is 1. The molecule has 0 aromatic carbocycles. The number of aliphatic hydroxyl groups excluding tert-OH is 1. The molecule has 3 heteroatoms. The predicted octanol–water partition coefficient (Wildman–Crippen LogP) is 4.09. The van der Waals surface area contributed by atoms with E-state index in [-0.39, 0.29) is 5.91 Å². The minimum Gasteiger partial charge on any atom is -0.396 e. The molecular weight excluding hydrogens is 250 g/mol. The molecule has 0 aliphatic heterocycles. The Morgan fingerprint density at radius 1 is 0.750 bits per heavy atom. The molecule has 3 nitrogen and oxygen atoms in total. The number of unbranched alkanes of at least 4 members (excludes halogenated alkanes) is 12. The SMILES string of the molecule is NC(=O)/C=C/CCCCCCCCCCCCCCO. The van der Waals surface area contributed by atoms with Crippen molar-refractivity contribution in [1.29, 1.82) is 0 Å². The van der Waals surface area contributed by atoms with Crippen LogP contribution in [0, 0.1) is 0 Å². The molecule has 0 aromatic rings. The van der Waals surface area contributed by atoms with Crippen molar-refractivity contribution in [2.75, 3.05) is 6.61 Å². The Morgan fingerprint density at radius 2 is 1.15 bits per heavy atom. The lowest BCUT2D eigenvalue weighted by Gasteiger charge is -2.02. The maximum Gasteiger partial charge on any atom is 0.241 e. The molecule has 3 N–H and O–H groups in total. The summed E-state index contributed by atoms with van der Waals surface area (Å²) in [6, 6.07) is 0. The molecule has 118 valence electrons. The third-order valence-electron chi connectivity index (χ3n) is 3.56. The molecule has 0 rings (SSSR count). The summed E-state index contributed by atoms with van der Waals surface area (Å²) in [5.41, 5.74) is 5.01. The normalized spacial score (nSPS) is 11.2. The highest BCUT2D eigenvalue weighted by Gasteiger charge is 1.93. The zero-order valence-corrected chi connectivity index (χ0v) is 13.0. The lowest BCUT2D eigenvalue weighted by Crippen LogP contribution is -2.05. The highest BCUT2D eigenvalue weighted by atomic mass is 16.2. The number of hydrogen-bond donors (Lipinski definition) is 2. The Bertz CT molecular complexity index is 239. The van der Waals surface area contributed by atoms with Crippen LogP contribution >= 0.6 is 0 Å². The van der Waals surface area contributed by atoms with E-state index in [1.165, 1.54) is 70.3 Å². The van der Waals surface area contributed by atoms with Crippen LogP contribution in [0.2, 0.25) is 0 Å². The van der Waals surface area contributed by atoms with Gasteiger partial charge >= 0.3 is 0 Å². The van der Waals surface area contributed by atoms with Crippen molar-refractivity contribution in [2.24, 2.45) is 5.73 Å². The summed E-state index contributed by atoms with van der Waals surface area (Å²) < 4.78 is 0. The Morgan fingerprint density at radius 3 is 1.55 bits per heavy atom. The number of carbonyl (C=O) groups is 1. The fraction of sp³-hybridized carbons (Fsp3) is 0.824. The lowest BCUT2D eigenvalue weighted by molar-refractivity contribution is -0.113. The smallest absolute Gasteiger partial charge is 0.241 e. The number of rotatable bonds is 15. The molecule has 0 radical (unpaired) electrons. The van der Waals surface area contributed by atoms with Crippen LogP contribution in [0.5, 0.6) is 0 Å². The van der Waals surface area contributed by atoms with Gasteiger partial charge in [0.2, 0.25) is 5.91 Å². The van der Waals surface area contributed by atoms with Crippen LogP contribution in [0.25, 0.3) is 0 Å². The third-order valence-corrected chi connectivity index (χ3v) is 3.56. The van der Waals surface area contributed by atoms with E-state index in [9.17, 15) is 4.79 Å². The monoisotopic (exact) mass is 283 g/mol. The first-order chi connectivity index (χ1) is 9.77. The lowest BCUT2D eigenvalue weighted by atomic mass is 10.0. The maximum absolute atomic E-state index is 10.5. The third kappa shape index (κ3) is 17.2. The molecule has 0 spiro atoms. The fourth-order valence-electron chi connectivity index (χ4n) is 2.34. The second-order valence-corrected chi connectivity index (χ2v) is 5.56. The van der Waals surface area contributed by atoms with Gasteiger partial charge in [0, 0.05) is 6.61 Å². The minimum absolute atomic E-state index is 0.346. The van der Waals surface area contributed by atoms with Gasteiger partial charge in [-0.2, -0.15) is 0 Å². The van der Waals surface area contributed by atoms with Crippen LogP contribution in [0.15, 0.2) is 12.2 Å². The van der Waals surface area contributed by atoms with Crippen molar-refractivity contribution < 1.29 is 9.90 Å². The van der Waals surface area contributed by atoms with Gasteiger partial charge in [0.15, 0.2) is 0 Å². The van der Waals surface area contributed by atoms with Crippen LogP contribution in [-0.2, 0) is 4.79 Å². The summed E-state index contributed by atoms with van der Waals surface area (Å²) in [5, 5.41) is 8.66. The molecule has 1 amide bonds. The highest BCUT2D eigenvalue weighted by Crippen LogP contribution is 2.12. The second kappa shape index (κ2) is 16.2. The first-order valence-electron chi connectivity index (χ1n) is 8.34. The van der Waals surface area contributed by atoms with Crippen LogP contribution in [0.4, 0.5) is 0 Å². The molecule has 0 aliphatic carbocycles. The molecule has 0 aliphatic rings. The molecule has 0 unspecified atom stereocenters. The number of hydrogen-bond acceptors (Lipinski definition) is 2. The summed E-state index contributed by atoms with van der Waals surface area (Å²) in [4.78, 5) is 10.5. The van der Waals surface area contributed by atoms with Gasteiger partial charge in [0.25, 0.3) is 0 Å². The quantitative estimate of drug-likeness (QED) is 0.351. The van der Waals surface area contributed by atoms with Gasteiger partial charge in [-0.3, -0.25) is 4.79 Å². The number of allylic oxidation sites excluding steroid dienone is 1.